The molecular weight excluding hydrogens is 345 g/mol. The quantitative estimate of drug-likeness (QED) is 0.563. The molecule has 1 saturated carbocycles. The summed E-state index contributed by atoms with van der Waals surface area (Å²) in [6.07, 6.45) is 0.781. The van der Waals surface area contributed by atoms with Crippen molar-refractivity contribution in [2.24, 2.45) is 5.92 Å². The average molecular weight is 363 g/mol. The number of fused-ring (bicyclic) bond motifs is 2. The molecule has 0 bridgehead atoms. The lowest BCUT2D eigenvalue weighted by Gasteiger charge is -2.11. The van der Waals surface area contributed by atoms with Gasteiger partial charge in [-0.15, -0.1) is 0 Å². The molecule has 2 heterocycles. The molecule has 27 heavy (non-hydrogen) atoms. The summed E-state index contributed by atoms with van der Waals surface area (Å²) in [5, 5.41) is 3.82. The fourth-order valence-electron chi connectivity index (χ4n) is 3.57. The van der Waals surface area contributed by atoms with Crippen LogP contribution in [0.25, 0.3) is 22.0 Å². The molecule has 2 aromatic heterocycles. The number of nitrogens with one attached hydrogen (secondary N) is 2. The first-order valence-electron chi connectivity index (χ1n) is 9.02. The van der Waals surface area contributed by atoms with Crippen LogP contribution in [0.15, 0.2) is 52.9 Å². The zero-order valence-corrected chi connectivity index (χ0v) is 14.7. The minimum absolute atomic E-state index is 0.0143. The number of rotatable bonds is 4. The first-order valence-corrected chi connectivity index (χ1v) is 9.02. The van der Waals surface area contributed by atoms with Gasteiger partial charge in [0.15, 0.2) is 0 Å². The zero-order valence-electron chi connectivity index (χ0n) is 14.7. The SMILES string of the molecule is CC(NC(=O)[C@H]1C[C@@H]1c1nc2ccccc2[nH]1)c1cc2ccc(F)cc2o1. The molecule has 5 rings (SSSR count). The molecule has 0 spiro atoms. The van der Waals surface area contributed by atoms with Crippen LogP contribution in [0.4, 0.5) is 4.39 Å². The Morgan fingerprint density at radius 3 is 3.00 bits per heavy atom. The summed E-state index contributed by atoms with van der Waals surface area (Å²) >= 11 is 0. The Kier molecular flexibility index (Phi) is 3.53. The number of furan rings is 1. The fourth-order valence-corrected chi connectivity index (χ4v) is 3.57. The first-order chi connectivity index (χ1) is 13.1. The molecular formula is C21H18FN3O2. The van der Waals surface area contributed by atoms with Crippen LogP contribution >= 0.6 is 0 Å². The second-order valence-electron chi connectivity index (χ2n) is 7.15. The van der Waals surface area contributed by atoms with E-state index in [2.05, 4.69) is 15.3 Å². The summed E-state index contributed by atoms with van der Waals surface area (Å²) < 4.78 is 19.0. The Labute approximate surface area is 154 Å². The first kappa shape index (κ1) is 16.1. The van der Waals surface area contributed by atoms with Gasteiger partial charge < -0.3 is 14.7 Å². The molecule has 0 aliphatic heterocycles. The van der Waals surface area contributed by atoms with E-state index in [1.54, 1.807) is 6.07 Å². The van der Waals surface area contributed by atoms with Crippen LogP contribution in [0.1, 0.15) is 36.9 Å². The second kappa shape index (κ2) is 5.94. The van der Waals surface area contributed by atoms with Crippen LogP contribution in [0.3, 0.4) is 0 Å². The Morgan fingerprint density at radius 1 is 1.30 bits per heavy atom. The maximum atomic E-state index is 13.3. The van der Waals surface area contributed by atoms with E-state index in [-0.39, 0.29) is 29.6 Å². The summed E-state index contributed by atoms with van der Waals surface area (Å²) in [7, 11) is 0. The molecule has 6 heteroatoms. The third-order valence-electron chi connectivity index (χ3n) is 5.17. The Hall–Kier alpha value is -3.15. The number of halogens is 1. The standard InChI is InChI=1S/C21H18FN3O2/c1-11(18-8-12-6-7-13(22)9-19(12)27-18)23-21(26)15-10-14(15)20-24-16-4-2-3-5-17(16)25-20/h2-9,11,14-15H,10H2,1H3,(H,23,26)(H,24,25)/t11?,14-,15-/m0/s1. The zero-order chi connectivity index (χ0) is 18.5. The molecule has 3 atom stereocenters. The van der Waals surface area contributed by atoms with E-state index in [0.717, 1.165) is 28.7 Å². The minimum atomic E-state index is -0.341. The van der Waals surface area contributed by atoms with Crippen molar-refractivity contribution in [3.05, 3.63) is 65.9 Å². The maximum absolute atomic E-state index is 13.3. The topological polar surface area (TPSA) is 70.9 Å². The number of amides is 1. The summed E-state index contributed by atoms with van der Waals surface area (Å²) in [4.78, 5) is 20.5. The third-order valence-corrected chi connectivity index (χ3v) is 5.17. The largest absolute Gasteiger partial charge is 0.459 e. The van der Waals surface area contributed by atoms with Crippen LogP contribution in [0.5, 0.6) is 0 Å². The Morgan fingerprint density at radius 2 is 2.15 bits per heavy atom. The monoisotopic (exact) mass is 363 g/mol. The number of para-hydroxylation sites is 2. The predicted octanol–water partition coefficient (Wildman–Crippen LogP) is 4.43. The highest BCUT2D eigenvalue weighted by Crippen LogP contribution is 2.47. The predicted molar refractivity (Wildman–Crippen MR) is 99.7 cm³/mol. The molecule has 0 radical (unpaired) electrons. The number of hydrogen-bond donors (Lipinski definition) is 2. The van der Waals surface area contributed by atoms with E-state index in [9.17, 15) is 9.18 Å². The van der Waals surface area contributed by atoms with Crippen LogP contribution in [0.2, 0.25) is 0 Å². The molecule has 1 aliphatic carbocycles. The van der Waals surface area contributed by atoms with Gasteiger partial charge in [-0.1, -0.05) is 12.1 Å². The van der Waals surface area contributed by atoms with E-state index in [1.165, 1.54) is 12.1 Å². The van der Waals surface area contributed by atoms with Gasteiger partial charge in [-0.05, 0) is 43.7 Å². The van der Waals surface area contributed by atoms with Gasteiger partial charge in [-0.2, -0.15) is 0 Å². The van der Waals surface area contributed by atoms with Crippen LogP contribution in [-0.2, 0) is 4.79 Å². The van der Waals surface area contributed by atoms with E-state index in [4.69, 9.17) is 4.42 Å². The molecule has 2 aromatic carbocycles. The van der Waals surface area contributed by atoms with Crippen LogP contribution in [-0.4, -0.2) is 15.9 Å². The number of H-pyrrole nitrogens is 1. The van der Waals surface area contributed by atoms with Crippen molar-refractivity contribution in [2.75, 3.05) is 0 Å². The van der Waals surface area contributed by atoms with Gasteiger partial charge in [-0.3, -0.25) is 4.79 Å². The highest BCUT2D eigenvalue weighted by Gasteiger charge is 2.46. The van der Waals surface area contributed by atoms with Crippen LogP contribution < -0.4 is 5.32 Å². The van der Waals surface area contributed by atoms with E-state index >= 15 is 0 Å². The van der Waals surface area contributed by atoms with Crippen molar-refractivity contribution in [1.82, 2.24) is 15.3 Å². The van der Waals surface area contributed by atoms with Gasteiger partial charge in [-0.25, -0.2) is 9.37 Å². The number of carbonyl (C=O) groups excluding carboxylic acids is 1. The highest BCUT2D eigenvalue weighted by molar-refractivity contribution is 5.84. The smallest absolute Gasteiger partial charge is 0.224 e. The molecule has 1 aliphatic rings. The second-order valence-corrected chi connectivity index (χ2v) is 7.15. The lowest BCUT2D eigenvalue weighted by Crippen LogP contribution is -2.28. The van der Waals surface area contributed by atoms with E-state index < -0.39 is 0 Å². The molecule has 5 nitrogen and oxygen atoms in total. The third kappa shape index (κ3) is 2.87. The molecule has 2 N–H and O–H groups in total. The molecule has 136 valence electrons. The summed E-state index contributed by atoms with van der Waals surface area (Å²) in [5.74, 6) is 1.16. The van der Waals surface area contributed by atoms with Crippen molar-refractivity contribution < 1.29 is 13.6 Å². The number of imidazole rings is 1. The Bertz CT molecular complexity index is 1130. The molecule has 1 unspecified atom stereocenters. The lowest BCUT2D eigenvalue weighted by molar-refractivity contribution is -0.123. The fraction of sp³-hybridized carbons (Fsp3) is 0.238. The van der Waals surface area contributed by atoms with Gasteiger partial charge in [0.1, 0.15) is 23.0 Å². The summed E-state index contributed by atoms with van der Waals surface area (Å²) in [6, 6.07) is 13.8. The summed E-state index contributed by atoms with van der Waals surface area (Å²) in [6.45, 7) is 1.87. The minimum Gasteiger partial charge on any atom is -0.459 e. The average Bonchev–Trinajstić information content (AvgIpc) is 3.16. The van der Waals surface area contributed by atoms with E-state index in [1.807, 2.05) is 37.3 Å². The van der Waals surface area contributed by atoms with Gasteiger partial charge >= 0.3 is 0 Å². The molecule has 1 amide bonds. The number of hydrogen-bond acceptors (Lipinski definition) is 3. The Balaban J connectivity index is 1.28. The van der Waals surface area contributed by atoms with Crippen molar-refractivity contribution in [2.45, 2.75) is 25.3 Å². The molecule has 1 fully saturated rings. The molecule has 4 aromatic rings. The van der Waals surface area contributed by atoms with Gasteiger partial charge in [0.05, 0.1) is 17.1 Å². The number of benzene rings is 2. The number of nitrogens with zero attached hydrogens (tertiary/aromatic N) is 1. The van der Waals surface area contributed by atoms with Crippen molar-refractivity contribution in [3.63, 3.8) is 0 Å². The lowest BCUT2D eigenvalue weighted by atomic mass is 10.2. The normalized spacial score (nSPS) is 20.1. The summed E-state index contributed by atoms with van der Waals surface area (Å²) in [5.41, 5.74) is 2.39. The van der Waals surface area contributed by atoms with Gasteiger partial charge in [0, 0.05) is 23.3 Å². The van der Waals surface area contributed by atoms with E-state index in [0.29, 0.717) is 11.3 Å². The number of carbonyl (C=O) groups is 1. The van der Waals surface area contributed by atoms with Crippen molar-refractivity contribution in [3.8, 4) is 0 Å². The highest BCUT2D eigenvalue weighted by atomic mass is 19.1. The van der Waals surface area contributed by atoms with Gasteiger partial charge in [0.25, 0.3) is 0 Å². The van der Waals surface area contributed by atoms with Gasteiger partial charge in [0.2, 0.25) is 5.91 Å². The molecule has 0 saturated heterocycles. The van der Waals surface area contributed by atoms with Crippen LogP contribution in [0, 0.1) is 11.7 Å². The van der Waals surface area contributed by atoms with Crippen molar-refractivity contribution in [1.29, 1.82) is 0 Å². The maximum Gasteiger partial charge on any atom is 0.224 e. The van der Waals surface area contributed by atoms with Crippen molar-refractivity contribution >= 4 is 27.9 Å². The number of aromatic amines is 1. The number of aromatic nitrogens is 2.